The summed E-state index contributed by atoms with van der Waals surface area (Å²) in [6, 6.07) is 13.3. The lowest BCUT2D eigenvalue weighted by molar-refractivity contribution is 0.0600. The van der Waals surface area contributed by atoms with Crippen molar-refractivity contribution < 1.29 is 14.6 Å². The van der Waals surface area contributed by atoms with E-state index >= 15 is 0 Å². The number of nitrogens with zero attached hydrogens (tertiary/aromatic N) is 2. The SMILES string of the molecule is CCC(=Nc1cccc(C(=O)OC)c1)c1c(O)n(-c2ccc(C)cc2)c(=O)[nH]c1=O. The van der Waals surface area contributed by atoms with E-state index in [0.29, 0.717) is 23.4 Å². The molecule has 0 aliphatic rings. The zero-order valence-corrected chi connectivity index (χ0v) is 16.8. The number of benzene rings is 2. The van der Waals surface area contributed by atoms with E-state index in [0.717, 1.165) is 10.1 Å². The first kappa shape index (κ1) is 20.8. The molecule has 8 nitrogen and oxygen atoms in total. The van der Waals surface area contributed by atoms with Gasteiger partial charge in [0.15, 0.2) is 0 Å². The Morgan fingerprint density at radius 3 is 2.50 bits per heavy atom. The molecule has 154 valence electrons. The van der Waals surface area contributed by atoms with Gasteiger partial charge in [0.1, 0.15) is 5.56 Å². The highest BCUT2D eigenvalue weighted by molar-refractivity contribution is 6.03. The summed E-state index contributed by atoms with van der Waals surface area (Å²) in [6.07, 6.45) is 0.297. The quantitative estimate of drug-likeness (QED) is 0.499. The number of aliphatic imine (C=N–C) groups is 1. The Bertz CT molecular complexity index is 1240. The summed E-state index contributed by atoms with van der Waals surface area (Å²) in [5, 5.41) is 10.8. The van der Waals surface area contributed by atoms with Crippen molar-refractivity contribution in [3.63, 3.8) is 0 Å². The van der Waals surface area contributed by atoms with Crippen LogP contribution in [0, 0.1) is 6.92 Å². The number of carbonyl (C=O) groups is 1. The first-order valence-corrected chi connectivity index (χ1v) is 9.27. The molecule has 0 aliphatic carbocycles. The summed E-state index contributed by atoms with van der Waals surface area (Å²) in [7, 11) is 1.28. The van der Waals surface area contributed by atoms with Crippen LogP contribution in [-0.2, 0) is 4.74 Å². The Kier molecular flexibility index (Phi) is 5.96. The second-order valence-corrected chi connectivity index (χ2v) is 6.58. The van der Waals surface area contributed by atoms with Crippen molar-refractivity contribution in [2.75, 3.05) is 7.11 Å². The topological polar surface area (TPSA) is 114 Å². The van der Waals surface area contributed by atoms with Crippen LogP contribution in [0.15, 0.2) is 63.1 Å². The zero-order chi connectivity index (χ0) is 21.8. The molecular formula is C22H21N3O5. The summed E-state index contributed by atoms with van der Waals surface area (Å²) in [5.41, 5.74) is 0.746. The summed E-state index contributed by atoms with van der Waals surface area (Å²) in [5.74, 6) is -1.02. The number of methoxy groups -OCH3 is 1. The number of rotatable bonds is 5. The van der Waals surface area contributed by atoms with Gasteiger partial charge in [-0.1, -0.05) is 30.7 Å². The Labute approximate surface area is 172 Å². The van der Waals surface area contributed by atoms with E-state index in [-0.39, 0.29) is 11.3 Å². The van der Waals surface area contributed by atoms with Gasteiger partial charge in [-0.15, -0.1) is 0 Å². The van der Waals surface area contributed by atoms with Crippen LogP contribution in [0.1, 0.15) is 34.8 Å². The van der Waals surface area contributed by atoms with Gasteiger partial charge >= 0.3 is 11.7 Å². The van der Waals surface area contributed by atoms with Gasteiger partial charge in [0.2, 0.25) is 5.88 Å². The molecule has 8 heteroatoms. The molecule has 0 aliphatic heterocycles. The normalized spacial score (nSPS) is 11.4. The van der Waals surface area contributed by atoms with Gasteiger partial charge in [-0.25, -0.2) is 14.2 Å². The highest BCUT2D eigenvalue weighted by Gasteiger charge is 2.19. The van der Waals surface area contributed by atoms with Gasteiger partial charge < -0.3 is 9.84 Å². The average Bonchev–Trinajstić information content (AvgIpc) is 2.73. The number of aromatic amines is 1. The average molecular weight is 407 g/mol. The summed E-state index contributed by atoms with van der Waals surface area (Å²) in [6.45, 7) is 3.66. The number of esters is 1. The molecule has 0 saturated heterocycles. The standard InChI is InChI=1S/C22H21N3O5/c1-4-17(23-15-7-5-6-14(12-15)21(28)30-3)18-19(26)24-22(29)25(20(18)27)16-10-8-13(2)9-11-16/h5-12,27H,4H2,1-3H3,(H,24,26,29). The van der Waals surface area contributed by atoms with Crippen molar-refractivity contribution in [2.24, 2.45) is 4.99 Å². The minimum absolute atomic E-state index is 0.110. The lowest BCUT2D eigenvalue weighted by Gasteiger charge is -2.13. The molecule has 1 heterocycles. The monoisotopic (exact) mass is 407 g/mol. The predicted molar refractivity (Wildman–Crippen MR) is 113 cm³/mol. The van der Waals surface area contributed by atoms with Crippen molar-refractivity contribution >= 4 is 17.4 Å². The molecule has 0 spiro atoms. The molecule has 30 heavy (non-hydrogen) atoms. The van der Waals surface area contributed by atoms with E-state index < -0.39 is 23.1 Å². The number of ether oxygens (including phenoxy) is 1. The number of carbonyl (C=O) groups excluding carboxylic acids is 1. The van der Waals surface area contributed by atoms with Crippen molar-refractivity contribution in [3.05, 3.63) is 86.1 Å². The van der Waals surface area contributed by atoms with Gasteiger partial charge in [0.05, 0.1) is 29.8 Å². The molecule has 0 bridgehead atoms. The van der Waals surface area contributed by atoms with Crippen molar-refractivity contribution in [2.45, 2.75) is 20.3 Å². The van der Waals surface area contributed by atoms with Crippen LogP contribution in [0.2, 0.25) is 0 Å². The summed E-state index contributed by atoms with van der Waals surface area (Å²) in [4.78, 5) is 43.3. The second-order valence-electron chi connectivity index (χ2n) is 6.58. The minimum atomic E-state index is -0.756. The number of nitrogens with one attached hydrogen (secondary N) is 1. The smallest absolute Gasteiger partial charge is 0.337 e. The minimum Gasteiger partial charge on any atom is -0.493 e. The van der Waals surface area contributed by atoms with E-state index in [1.807, 2.05) is 6.92 Å². The Balaban J connectivity index is 2.18. The third kappa shape index (κ3) is 4.07. The van der Waals surface area contributed by atoms with E-state index in [2.05, 4.69) is 9.98 Å². The first-order valence-electron chi connectivity index (χ1n) is 9.27. The van der Waals surface area contributed by atoms with Crippen molar-refractivity contribution in [3.8, 4) is 11.6 Å². The third-order valence-corrected chi connectivity index (χ3v) is 4.53. The van der Waals surface area contributed by atoms with Crippen LogP contribution in [-0.4, -0.2) is 33.4 Å². The molecule has 0 unspecified atom stereocenters. The molecule has 3 rings (SSSR count). The number of aromatic nitrogens is 2. The maximum absolute atomic E-state index is 12.5. The number of aryl methyl sites for hydroxylation is 1. The molecule has 0 fully saturated rings. The lowest BCUT2D eigenvalue weighted by atomic mass is 10.1. The second kappa shape index (κ2) is 8.60. The van der Waals surface area contributed by atoms with Gasteiger partial charge in [-0.3, -0.25) is 14.8 Å². The molecule has 3 aromatic rings. The number of aromatic hydroxyl groups is 1. The van der Waals surface area contributed by atoms with Crippen LogP contribution in [0.5, 0.6) is 5.88 Å². The highest BCUT2D eigenvalue weighted by Crippen LogP contribution is 2.22. The first-order chi connectivity index (χ1) is 14.3. The molecular weight excluding hydrogens is 386 g/mol. The van der Waals surface area contributed by atoms with E-state index in [4.69, 9.17) is 4.74 Å². The zero-order valence-electron chi connectivity index (χ0n) is 16.8. The Morgan fingerprint density at radius 1 is 1.17 bits per heavy atom. The van der Waals surface area contributed by atoms with Crippen LogP contribution >= 0.6 is 0 Å². The fourth-order valence-electron chi connectivity index (χ4n) is 3.01. The third-order valence-electron chi connectivity index (χ3n) is 4.53. The molecule has 1 aromatic heterocycles. The van der Waals surface area contributed by atoms with E-state index in [1.54, 1.807) is 49.4 Å². The fourth-order valence-corrected chi connectivity index (χ4v) is 3.01. The number of hydrogen-bond acceptors (Lipinski definition) is 6. The number of H-pyrrole nitrogens is 1. The Morgan fingerprint density at radius 2 is 1.87 bits per heavy atom. The maximum Gasteiger partial charge on any atom is 0.337 e. The van der Waals surface area contributed by atoms with Crippen molar-refractivity contribution in [1.82, 2.24) is 9.55 Å². The van der Waals surface area contributed by atoms with Gasteiger partial charge in [-0.2, -0.15) is 0 Å². The largest absolute Gasteiger partial charge is 0.493 e. The van der Waals surface area contributed by atoms with E-state index in [9.17, 15) is 19.5 Å². The van der Waals surface area contributed by atoms with Crippen LogP contribution in [0.25, 0.3) is 5.69 Å². The summed E-state index contributed by atoms with van der Waals surface area (Å²) < 4.78 is 5.73. The van der Waals surface area contributed by atoms with E-state index in [1.165, 1.54) is 13.2 Å². The number of hydrogen-bond donors (Lipinski definition) is 2. The molecule has 0 saturated carbocycles. The fraction of sp³-hybridized carbons (Fsp3) is 0.182. The van der Waals surface area contributed by atoms with Gasteiger partial charge in [-0.05, 0) is 43.7 Å². The molecule has 0 amide bonds. The van der Waals surface area contributed by atoms with Crippen molar-refractivity contribution in [1.29, 1.82) is 0 Å². The van der Waals surface area contributed by atoms with Crippen LogP contribution < -0.4 is 11.2 Å². The highest BCUT2D eigenvalue weighted by atomic mass is 16.5. The molecule has 0 atom stereocenters. The Hall–Kier alpha value is -3.94. The molecule has 2 N–H and O–H groups in total. The molecule has 2 aromatic carbocycles. The lowest BCUT2D eigenvalue weighted by Crippen LogP contribution is -2.33. The molecule has 0 radical (unpaired) electrons. The predicted octanol–water partition coefficient (Wildman–Crippen LogP) is 2.86. The maximum atomic E-state index is 12.5. The van der Waals surface area contributed by atoms with Crippen LogP contribution in [0.3, 0.4) is 0 Å². The van der Waals surface area contributed by atoms with Gasteiger partial charge in [0.25, 0.3) is 5.56 Å². The van der Waals surface area contributed by atoms with Crippen LogP contribution in [0.4, 0.5) is 5.69 Å². The summed E-state index contributed by atoms with van der Waals surface area (Å²) >= 11 is 0. The van der Waals surface area contributed by atoms with Gasteiger partial charge in [0, 0.05) is 0 Å².